The second-order valence-electron chi connectivity index (χ2n) is 7.10. The molecule has 0 radical (unpaired) electrons. The van der Waals surface area contributed by atoms with Crippen molar-refractivity contribution in [3.8, 4) is 5.75 Å². The summed E-state index contributed by atoms with van der Waals surface area (Å²) in [5.41, 5.74) is 0.950. The minimum absolute atomic E-state index is 0.0836. The second kappa shape index (κ2) is 10.4. The minimum atomic E-state index is -0.924. The maximum atomic E-state index is 12.3. The minimum Gasteiger partial charge on any atom is -0.422 e. The average molecular weight is 425 g/mol. The Bertz CT molecular complexity index is 1000. The van der Waals surface area contributed by atoms with Gasteiger partial charge in [-0.05, 0) is 23.6 Å². The summed E-state index contributed by atoms with van der Waals surface area (Å²) in [5, 5.41) is 10.7. The van der Waals surface area contributed by atoms with Gasteiger partial charge in [-0.3, -0.25) is 10.1 Å². The van der Waals surface area contributed by atoms with E-state index >= 15 is 0 Å². The first-order chi connectivity index (χ1) is 14.9. The lowest BCUT2D eigenvalue weighted by Crippen LogP contribution is -2.22. The second-order valence-corrected chi connectivity index (χ2v) is 7.10. The monoisotopic (exact) mass is 425 g/mol. The maximum Gasteiger partial charge on any atom is 0.514 e. The van der Waals surface area contributed by atoms with Gasteiger partial charge in [0.15, 0.2) is 11.9 Å². The third kappa shape index (κ3) is 6.13. The van der Waals surface area contributed by atoms with E-state index in [-0.39, 0.29) is 24.1 Å². The van der Waals surface area contributed by atoms with Crippen molar-refractivity contribution in [3.05, 3.63) is 88.5 Å². The van der Waals surface area contributed by atoms with E-state index in [4.69, 9.17) is 14.2 Å². The molecule has 31 heavy (non-hydrogen) atoms. The van der Waals surface area contributed by atoms with Gasteiger partial charge in [0.25, 0.3) is 5.69 Å². The third-order valence-electron chi connectivity index (χ3n) is 4.42. The Labute approximate surface area is 179 Å². The maximum absolute atomic E-state index is 12.3. The van der Waals surface area contributed by atoms with Gasteiger partial charge in [0.2, 0.25) is 0 Å². The topological polar surface area (TPSA) is 106 Å². The van der Waals surface area contributed by atoms with Gasteiger partial charge in [-0.1, -0.05) is 44.2 Å². The number of nitrogens with zero attached hydrogens (tertiary/aromatic N) is 3. The first kappa shape index (κ1) is 22.0. The van der Waals surface area contributed by atoms with Crippen LogP contribution in [0.1, 0.15) is 31.3 Å². The number of carbonyl (C=O) groups is 1. The summed E-state index contributed by atoms with van der Waals surface area (Å²) in [7, 11) is 0. The molecule has 1 unspecified atom stereocenters. The number of non-ortho nitro benzene ring substituents is 1. The van der Waals surface area contributed by atoms with E-state index in [1.165, 1.54) is 24.3 Å². The Hall–Kier alpha value is -3.72. The molecule has 9 heteroatoms. The number of nitro groups is 1. The highest BCUT2D eigenvalue weighted by Gasteiger charge is 2.26. The van der Waals surface area contributed by atoms with Crippen LogP contribution >= 0.6 is 0 Å². The van der Waals surface area contributed by atoms with E-state index in [1.807, 2.05) is 44.2 Å². The fourth-order valence-corrected chi connectivity index (χ4v) is 2.87. The van der Waals surface area contributed by atoms with E-state index < -0.39 is 17.2 Å². The first-order valence-electron chi connectivity index (χ1n) is 9.69. The van der Waals surface area contributed by atoms with Crippen molar-refractivity contribution in [2.24, 2.45) is 5.92 Å². The van der Waals surface area contributed by atoms with Crippen molar-refractivity contribution in [1.29, 1.82) is 0 Å². The van der Waals surface area contributed by atoms with Crippen LogP contribution < -0.4 is 4.74 Å². The van der Waals surface area contributed by atoms with E-state index in [0.717, 1.165) is 5.56 Å². The van der Waals surface area contributed by atoms with Crippen molar-refractivity contribution in [1.82, 2.24) is 9.55 Å². The Morgan fingerprint density at radius 3 is 2.48 bits per heavy atom. The number of carbonyl (C=O) groups excluding carboxylic acids is 1. The quantitative estimate of drug-likeness (QED) is 0.208. The van der Waals surface area contributed by atoms with Gasteiger partial charge in [0.1, 0.15) is 12.5 Å². The first-order valence-corrected chi connectivity index (χ1v) is 9.69. The number of nitro benzene ring substituents is 1. The van der Waals surface area contributed by atoms with Crippen LogP contribution in [0.15, 0.2) is 67.0 Å². The highest BCUT2D eigenvalue weighted by molar-refractivity contribution is 5.64. The van der Waals surface area contributed by atoms with Crippen molar-refractivity contribution < 1.29 is 23.9 Å². The molecule has 0 amide bonds. The third-order valence-corrected chi connectivity index (χ3v) is 4.42. The summed E-state index contributed by atoms with van der Waals surface area (Å²) in [5.74, 6) is 0.594. The lowest BCUT2D eigenvalue weighted by Gasteiger charge is -2.21. The number of rotatable bonds is 9. The van der Waals surface area contributed by atoms with Crippen LogP contribution in [0.5, 0.6) is 5.75 Å². The summed E-state index contributed by atoms with van der Waals surface area (Å²) >= 11 is 0. The zero-order valence-corrected chi connectivity index (χ0v) is 17.2. The fraction of sp³-hybridized carbons (Fsp3) is 0.273. The molecule has 162 valence electrons. The molecule has 0 bridgehead atoms. The normalized spacial score (nSPS) is 11.8. The molecule has 0 aliphatic heterocycles. The van der Waals surface area contributed by atoms with Crippen LogP contribution in [0.3, 0.4) is 0 Å². The molecule has 1 heterocycles. The van der Waals surface area contributed by atoms with Crippen LogP contribution in [0, 0.1) is 16.0 Å². The van der Waals surface area contributed by atoms with Crippen LogP contribution in [0.4, 0.5) is 10.5 Å². The molecular formula is C22H23N3O6. The Balaban J connectivity index is 1.62. The predicted octanol–water partition coefficient (Wildman–Crippen LogP) is 4.88. The number of ether oxygens (including phenoxy) is 3. The number of hydrogen-bond donors (Lipinski definition) is 0. The molecule has 0 saturated carbocycles. The van der Waals surface area contributed by atoms with Crippen molar-refractivity contribution in [2.75, 3.05) is 0 Å². The number of hydrogen-bond acceptors (Lipinski definition) is 7. The standard InChI is InChI=1S/C22H23N3O6/c1-16(2)20(31-22(26)30-19-10-8-18(9-11-19)25(27)28)21-23-12-13-24(21)15-29-14-17-6-4-3-5-7-17/h3-13,16,20H,14-15H2,1-2H3. The van der Waals surface area contributed by atoms with Crippen LogP contribution in [-0.4, -0.2) is 20.6 Å². The van der Waals surface area contributed by atoms with Crippen LogP contribution in [0.25, 0.3) is 0 Å². The van der Waals surface area contributed by atoms with Crippen molar-refractivity contribution in [2.45, 2.75) is 33.3 Å². The van der Waals surface area contributed by atoms with Crippen LogP contribution in [0.2, 0.25) is 0 Å². The Morgan fingerprint density at radius 2 is 1.84 bits per heavy atom. The Kier molecular flexibility index (Phi) is 7.34. The molecule has 0 spiro atoms. The van der Waals surface area contributed by atoms with E-state index in [2.05, 4.69) is 4.98 Å². The summed E-state index contributed by atoms with van der Waals surface area (Å²) in [6.45, 7) is 4.48. The summed E-state index contributed by atoms with van der Waals surface area (Å²) in [6.07, 6.45) is 1.77. The van der Waals surface area contributed by atoms with Crippen LogP contribution in [-0.2, 0) is 22.8 Å². The van der Waals surface area contributed by atoms with Crippen molar-refractivity contribution >= 4 is 11.8 Å². The number of imidazole rings is 1. The largest absolute Gasteiger partial charge is 0.514 e. The summed E-state index contributed by atoms with van der Waals surface area (Å²) < 4.78 is 18.2. The highest BCUT2D eigenvalue weighted by atomic mass is 16.7. The van der Waals surface area contributed by atoms with Gasteiger partial charge in [-0.25, -0.2) is 9.78 Å². The van der Waals surface area contributed by atoms with Gasteiger partial charge in [0.05, 0.1) is 11.5 Å². The molecule has 0 N–H and O–H groups in total. The van der Waals surface area contributed by atoms with Gasteiger partial charge in [0, 0.05) is 24.5 Å². The van der Waals surface area contributed by atoms with Gasteiger partial charge in [-0.15, -0.1) is 0 Å². The number of benzene rings is 2. The lowest BCUT2D eigenvalue weighted by atomic mass is 10.1. The molecule has 0 saturated heterocycles. The molecule has 1 atom stereocenters. The van der Waals surface area contributed by atoms with E-state index in [1.54, 1.807) is 17.0 Å². The summed E-state index contributed by atoms with van der Waals surface area (Å²) in [4.78, 5) is 26.8. The molecule has 0 fully saturated rings. The molecule has 3 aromatic rings. The number of aromatic nitrogens is 2. The smallest absolute Gasteiger partial charge is 0.422 e. The highest BCUT2D eigenvalue weighted by Crippen LogP contribution is 2.26. The molecule has 0 aliphatic rings. The molecular weight excluding hydrogens is 402 g/mol. The van der Waals surface area contributed by atoms with Gasteiger partial charge in [-0.2, -0.15) is 0 Å². The molecule has 3 rings (SSSR count). The molecule has 9 nitrogen and oxygen atoms in total. The zero-order valence-electron chi connectivity index (χ0n) is 17.2. The SMILES string of the molecule is CC(C)C(OC(=O)Oc1ccc([N+](=O)[O-])cc1)c1nccn1COCc1ccccc1. The van der Waals surface area contributed by atoms with Gasteiger partial charge >= 0.3 is 6.16 Å². The molecule has 1 aromatic heterocycles. The molecule has 2 aromatic carbocycles. The van der Waals surface area contributed by atoms with E-state index in [9.17, 15) is 14.9 Å². The Morgan fingerprint density at radius 1 is 1.13 bits per heavy atom. The van der Waals surface area contributed by atoms with E-state index in [0.29, 0.717) is 12.4 Å². The molecule has 0 aliphatic carbocycles. The van der Waals surface area contributed by atoms with Crippen molar-refractivity contribution in [3.63, 3.8) is 0 Å². The summed E-state index contributed by atoms with van der Waals surface area (Å²) in [6, 6.07) is 15.0. The fourth-order valence-electron chi connectivity index (χ4n) is 2.87. The average Bonchev–Trinajstić information content (AvgIpc) is 3.21. The lowest BCUT2D eigenvalue weighted by molar-refractivity contribution is -0.384. The van der Waals surface area contributed by atoms with Gasteiger partial charge < -0.3 is 18.8 Å². The predicted molar refractivity (Wildman–Crippen MR) is 111 cm³/mol. The zero-order chi connectivity index (χ0) is 22.2.